The maximum absolute atomic E-state index is 12.3. The molecule has 8 heteroatoms. The van der Waals surface area contributed by atoms with Crippen molar-refractivity contribution in [2.45, 2.75) is 46.0 Å². The van der Waals surface area contributed by atoms with Gasteiger partial charge in [-0.3, -0.25) is 9.89 Å². The zero-order chi connectivity index (χ0) is 20.4. The van der Waals surface area contributed by atoms with Gasteiger partial charge in [0.15, 0.2) is 5.96 Å². The lowest BCUT2D eigenvalue weighted by Crippen LogP contribution is -2.39. The van der Waals surface area contributed by atoms with Crippen molar-refractivity contribution in [2.24, 2.45) is 4.99 Å². The van der Waals surface area contributed by atoms with Crippen molar-refractivity contribution < 1.29 is 17.9 Å². The minimum Gasteiger partial charge on any atom is -0.491 e. The molecule has 0 aliphatic rings. The Morgan fingerprint density at radius 2 is 1.96 bits per heavy atom. The summed E-state index contributed by atoms with van der Waals surface area (Å²) in [5.74, 6) is 1.44. The minimum atomic E-state index is -4.16. The van der Waals surface area contributed by atoms with Crippen LogP contribution in [-0.2, 0) is 6.54 Å². The summed E-state index contributed by atoms with van der Waals surface area (Å²) in [6, 6.07) is 6.04. The fraction of sp³-hybridized carbons (Fsp3) is 0.632. The molecule has 1 aromatic rings. The molecule has 154 valence electrons. The maximum atomic E-state index is 12.3. The summed E-state index contributed by atoms with van der Waals surface area (Å²) in [6.07, 6.45) is -3.50. The van der Waals surface area contributed by atoms with Crippen molar-refractivity contribution in [3.8, 4) is 5.75 Å². The van der Waals surface area contributed by atoms with Crippen molar-refractivity contribution >= 4 is 5.96 Å². The molecule has 0 aliphatic carbocycles. The van der Waals surface area contributed by atoms with Gasteiger partial charge in [0.25, 0.3) is 0 Å². The smallest absolute Gasteiger partial charge is 0.401 e. The number of hydrogen-bond acceptors (Lipinski definition) is 3. The molecular formula is C19H31F3N4O. The molecule has 0 radical (unpaired) electrons. The van der Waals surface area contributed by atoms with Crippen LogP contribution in [-0.4, -0.2) is 56.9 Å². The van der Waals surface area contributed by atoms with Gasteiger partial charge >= 0.3 is 6.18 Å². The van der Waals surface area contributed by atoms with Gasteiger partial charge < -0.3 is 15.4 Å². The maximum Gasteiger partial charge on any atom is 0.401 e. The Kier molecular flexibility index (Phi) is 9.41. The van der Waals surface area contributed by atoms with Gasteiger partial charge in [0.05, 0.1) is 12.6 Å². The fourth-order valence-electron chi connectivity index (χ4n) is 2.51. The van der Waals surface area contributed by atoms with Crippen LogP contribution in [0, 0.1) is 6.92 Å². The summed E-state index contributed by atoms with van der Waals surface area (Å²) in [4.78, 5) is 5.41. The number of nitrogens with zero attached hydrogens (tertiary/aromatic N) is 2. The first-order valence-electron chi connectivity index (χ1n) is 9.06. The highest BCUT2D eigenvalue weighted by molar-refractivity contribution is 5.79. The van der Waals surface area contributed by atoms with E-state index < -0.39 is 12.7 Å². The third kappa shape index (κ3) is 10.1. The van der Waals surface area contributed by atoms with Crippen LogP contribution >= 0.6 is 0 Å². The Morgan fingerprint density at radius 3 is 2.56 bits per heavy atom. The monoisotopic (exact) mass is 388 g/mol. The molecule has 0 atom stereocenters. The summed E-state index contributed by atoms with van der Waals surface area (Å²) in [5, 5.41) is 6.33. The third-order valence-electron chi connectivity index (χ3n) is 3.71. The third-order valence-corrected chi connectivity index (χ3v) is 3.71. The van der Waals surface area contributed by atoms with E-state index in [2.05, 4.69) is 15.6 Å². The Balaban J connectivity index is 2.45. The average Bonchev–Trinajstić information content (AvgIpc) is 2.53. The Morgan fingerprint density at radius 1 is 1.26 bits per heavy atom. The number of alkyl halides is 3. The van der Waals surface area contributed by atoms with Crippen molar-refractivity contribution in [3.63, 3.8) is 0 Å². The van der Waals surface area contributed by atoms with Crippen LogP contribution in [0.1, 0.15) is 31.4 Å². The van der Waals surface area contributed by atoms with E-state index >= 15 is 0 Å². The summed E-state index contributed by atoms with van der Waals surface area (Å²) >= 11 is 0. The number of aliphatic imine (C=N–C) groups is 1. The molecule has 1 aromatic carbocycles. The second-order valence-electron chi connectivity index (χ2n) is 6.84. The molecule has 0 fully saturated rings. The minimum absolute atomic E-state index is 0.0803. The number of nitrogens with one attached hydrogen (secondary N) is 2. The summed E-state index contributed by atoms with van der Waals surface area (Å²) in [7, 11) is 3.12. The first-order valence-corrected chi connectivity index (χ1v) is 9.06. The second kappa shape index (κ2) is 11.0. The van der Waals surface area contributed by atoms with E-state index in [0.717, 1.165) is 16.9 Å². The van der Waals surface area contributed by atoms with Crippen molar-refractivity contribution in [1.82, 2.24) is 15.5 Å². The zero-order valence-corrected chi connectivity index (χ0v) is 16.8. The molecule has 1 rings (SSSR count). The molecule has 0 spiro atoms. The first kappa shape index (κ1) is 23.1. The highest BCUT2D eigenvalue weighted by Crippen LogP contribution is 2.21. The van der Waals surface area contributed by atoms with Gasteiger partial charge in [-0.25, -0.2) is 0 Å². The normalized spacial score (nSPS) is 12.6. The Labute approximate surface area is 160 Å². The predicted octanol–water partition coefficient (Wildman–Crippen LogP) is 3.33. The van der Waals surface area contributed by atoms with Gasteiger partial charge in [-0.15, -0.1) is 0 Å². The molecule has 0 amide bonds. The molecule has 0 bridgehead atoms. The molecule has 27 heavy (non-hydrogen) atoms. The molecular weight excluding hydrogens is 357 g/mol. The topological polar surface area (TPSA) is 48.9 Å². The number of benzene rings is 1. The van der Waals surface area contributed by atoms with Gasteiger partial charge in [0.2, 0.25) is 0 Å². The number of ether oxygens (including phenoxy) is 1. The highest BCUT2D eigenvalue weighted by Gasteiger charge is 2.28. The Hall–Kier alpha value is -1.96. The largest absolute Gasteiger partial charge is 0.491 e. The standard InChI is InChI=1S/C19H31F3N4O/c1-14(2)27-17-11-15(3)7-8-16(17)12-25-18(23-4)24-9-6-10-26(5)13-19(20,21)22/h7-8,11,14H,6,9-10,12-13H2,1-5H3,(H2,23,24,25). The van der Waals surface area contributed by atoms with Gasteiger partial charge in [0.1, 0.15) is 5.75 Å². The van der Waals surface area contributed by atoms with Crippen LogP contribution in [0.4, 0.5) is 13.2 Å². The molecule has 0 heterocycles. The van der Waals surface area contributed by atoms with Crippen LogP contribution < -0.4 is 15.4 Å². The SMILES string of the molecule is CN=C(NCCCN(C)CC(F)(F)F)NCc1ccc(C)cc1OC(C)C. The van der Waals surface area contributed by atoms with Gasteiger partial charge in [0, 0.05) is 25.7 Å². The van der Waals surface area contributed by atoms with E-state index in [4.69, 9.17) is 4.74 Å². The average molecular weight is 388 g/mol. The molecule has 0 aromatic heterocycles. The lowest BCUT2D eigenvalue weighted by Gasteiger charge is -2.19. The lowest BCUT2D eigenvalue weighted by molar-refractivity contribution is -0.143. The van der Waals surface area contributed by atoms with Gasteiger partial charge in [-0.05, 0) is 52.4 Å². The van der Waals surface area contributed by atoms with Gasteiger partial charge in [-0.1, -0.05) is 12.1 Å². The number of guanidine groups is 1. The zero-order valence-electron chi connectivity index (χ0n) is 16.8. The number of hydrogen-bond donors (Lipinski definition) is 2. The van der Waals surface area contributed by atoms with Crippen LogP contribution in [0.25, 0.3) is 0 Å². The van der Waals surface area contributed by atoms with Crippen molar-refractivity contribution in [3.05, 3.63) is 29.3 Å². The van der Waals surface area contributed by atoms with E-state index in [0.29, 0.717) is 32.0 Å². The number of rotatable bonds is 9. The summed E-state index contributed by atoms with van der Waals surface area (Å²) in [6.45, 7) is 6.51. The van der Waals surface area contributed by atoms with Crippen LogP contribution in [0.15, 0.2) is 23.2 Å². The van der Waals surface area contributed by atoms with E-state index in [1.54, 1.807) is 7.05 Å². The van der Waals surface area contributed by atoms with E-state index in [9.17, 15) is 13.2 Å². The second-order valence-corrected chi connectivity index (χ2v) is 6.84. The quantitative estimate of drug-likeness (QED) is 0.387. The van der Waals surface area contributed by atoms with Crippen LogP contribution in [0.5, 0.6) is 5.75 Å². The van der Waals surface area contributed by atoms with Crippen molar-refractivity contribution in [2.75, 3.05) is 33.7 Å². The van der Waals surface area contributed by atoms with Crippen LogP contribution in [0.2, 0.25) is 0 Å². The van der Waals surface area contributed by atoms with Gasteiger partial charge in [-0.2, -0.15) is 13.2 Å². The highest BCUT2D eigenvalue weighted by atomic mass is 19.4. The van der Waals surface area contributed by atoms with E-state index in [1.807, 2.05) is 39.0 Å². The number of halogens is 3. The van der Waals surface area contributed by atoms with E-state index in [1.165, 1.54) is 11.9 Å². The molecule has 0 aliphatic heterocycles. The molecule has 5 nitrogen and oxygen atoms in total. The van der Waals surface area contributed by atoms with E-state index in [-0.39, 0.29) is 6.10 Å². The molecule has 0 saturated heterocycles. The summed E-state index contributed by atoms with van der Waals surface area (Å²) < 4.78 is 42.8. The predicted molar refractivity (Wildman–Crippen MR) is 103 cm³/mol. The molecule has 0 unspecified atom stereocenters. The summed E-state index contributed by atoms with van der Waals surface area (Å²) in [5.41, 5.74) is 2.14. The fourth-order valence-corrected chi connectivity index (χ4v) is 2.51. The molecule has 0 saturated carbocycles. The van der Waals surface area contributed by atoms with Crippen LogP contribution in [0.3, 0.4) is 0 Å². The number of aryl methyl sites for hydroxylation is 1. The van der Waals surface area contributed by atoms with Crippen molar-refractivity contribution in [1.29, 1.82) is 0 Å². The lowest BCUT2D eigenvalue weighted by atomic mass is 10.1. The molecule has 2 N–H and O–H groups in total. The Bertz CT molecular complexity index is 603. The first-order chi connectivity index (χ1) is 12.6.